The molecule has 7 nitrogen and oxygen atoms in total. The first-order valence-corrected chi connectivity index (χ1v) is 11.4. The maximum Gasteiger partial charge on any atom is 0.269 e. The molecule has 33 heavy (non-hydrogen) atoms. The number of aryl methyl sites for hydroxylation is 2. The Morgan fingerprint density at radius 2 is 1.45 bits per heavy atom. The number of nitrogens with zero attached hydrogens (tertiary/aromatic N) is 3. The zero-order valence-electron chi connectivity index (χ0n) is 18.3. The van der Waals surface area contributed by atoms with Crippen molar-refractivity contribution in [1.82, 2.24) is 25.6 Å². The summed E-state index contributed by atoms with van der Waals surface area (Å²) in [6.45, 7) is 3.97. The second kappa shape index (κ2) is 10.1. The predicted octanol–water partition coefficient (Wildman–Crippen LogP) is 4.10. The summed E-state index contributed by atoms with van der Waals surface area (Å²) in [5.41, 5.74) is 9.41. The normalized spacial score (nSPS) is 10.6. The van der Waals surface area contributed by atoms with Gasteiger partial charge < -0.3 is 0 Å². The van der Waals surface area contributed by atoms with Crippen molar-refractivity contribution in [3.8, 4) is 17.1 Å². The van der Waals surface area contributed by atoms with Crippen LogP contribution in [0.4, 0.5) is 0 Å². The van der Waals surface area contributed by atoms with Gasteiger partial charge in [-0.2, -0.15) is 0 Å². The number of nitrogens with one attached hydrogen (secondary N) is 2. The van der Waals surface area contributed by atoms with Gasteiger partial charge in [-0.15, -0.1) is 10.2 Å². The molecule has 2 N–H and O–H groups in total. The highest BCUT2D eigenvalue weighted by molar-refractivity contribution is 7.99. The van der Waals surface area contributed by atoms with Gasteiger partial charge in [0.1, 0.15) is 0 Å². The van der Waals surface area contributed by atoms with Crippen LogP contribution in [0.2, 0.25) is 0 Å². The summed E-state index contributed by atoms with van der Waals surface area (Å²) in [7, 11) is 0. The molecule has 0 atom stereocenters. The number of aromatic nitrogens is 3. The standard InChI is InChI=1S/C25H23N5O2S/c1-17-8-12-19(13-9-17)23-27-29-25(30(23)21-6-4-3-5-7-21)33-16-22(31)26-28-24(32)20-14-10-18(2)11-15-20/h3-15H,16H2,1-2H3,(H,26,31)(H,28,32). The van der Waals surface area contributed by atoms with Crippen LogP contribution in [0.25, 0.3) is 17.1 Å². The van der Waals surface area contributed by atoms with E-state index in [2.05, 4.69) is 21.0 Å². The van der Waals surface area contributed by atoms with E-state index in [1.165, 1.54) is 11.8 Å². The van der Waals surface area contributed by atoms with Crippen molar-refractivity contribution in [2.75, 3.05) is 5.75 Å². The van der Waals surface area contributed by atoms with Crippen LogP contribution in [0.5, 0.6) is 0 Å². The molecule has 4 aromatic rings. The average molecular weight is 458 g/mol. The Morgan fingerprint density at radius 3 is 2.12 bits per heavy atom. The maximum atomic E-state index is 12.4. The van der Waals surface area contributed by atoms with Gasteiger partial charge in [0.25, 0.3) is 5.91 Å². The molecule has 0 aliphatic rings. The molecule has 0 aliphatic heterocycles. The van der Waals surface area contributed by atoms with Gasteiger partial charge in [-0.1, -0.05) is 77.5 Å². The van der Waals surface area contributed by atoms with E-state index in [4.69, 9.17) is 0 Å². The quantitative estimate of drug-likeness (QED) is 0.336. The molecule has 0 radical (unpaired) electrons. The van der Waals surface area contributed by atoms with Gasteiger partial charge in [-0.3, -0.25) is 25.0 Å². The lowest BCUT2D eigenvalue weighted by Gasteiger charge is -2.11. The first kappa shape index (κ1) is 22.3. The van der Waals surface area contributed by atoms with E-state index in [0.717, 1.165) is 22.4 Å². The summed E-state index contributed by atoms with van der Waals surface area (Å²) in [4.78, 5) is 24.6. The average Bonchev–Trinajstić information content (AvgIpc) is 3.26. The Morgan fingerprint density at radius 1 is 0.818 bits per heavy atom. The van der Waals surface area contributed by atoms with E-state index in [9.17, 15) is 9.59 Å². The zero-order chi connectivity index (χ0) is 23.2. The number of thioether (sulfide) groups is 1. The summed E-state index contributed by atoms with van der Waals surface area (Å²) in [6, 6.07) is 24.9. The third kappa shape index (κ3) is 5.48. The van der Waals surface area contributed by atoms with E-state index in [0.29, 0.717) is 16.5 Å². The van der Waals surface area contributed by atoms with Gasteiger partial charge in [0.15, 0.2) is 11.0 Å². The first-order chi connectivity index (χ1) is 16.0. The number of benzene rings is 3. The highest BCUT2D eigenvalue weighted by atomic mass is 32.2. The fraction of sp³-hybridized carbons (Fsp3) is 0.120. The molecule has 4 rings (SSSR count). The molecule has 3 aromatic carbocycles. The van der Waals surface area contributed by atoms with Crippen molar-refractivity contribution < 1.29 is 9.59 Å². The van der Waals surface area contributed by atoms with Gasteiger partial charge in [0, 0.05) is 16.8 Å². The molecule has 0 spiro atoms. The molecule has 0 aliphatic carbocycles. The van der Waals surface area contributed by atoms with Crippen LogP contribution >= 0.6 is 11.8 Å². The zero-order valence-corrected chi connectivity index (χ0v) is 19.1. The topological polar surface area (TPSA) is 88.9 Å². The number of para-hydroxylation sites is 1. The Bertz CT molecular complexity index is 1250. The van der Waals surface area contributed by atoms with E-state index < -0.39 is 0 Å². The molecule has 1 heterocycles. The summed E-state index contributed by atoms with van der Waals surface area (Å²) in [5, 5.41) is 9.29. The fourth-order valence-electron chi connectivity index (χ4n) is 3.13. The summed E-state index contributed by atoms with van der Waals surface area (Å²) < 4.78 is 1.92. The number of carbonyl (C=O) groups is 2. The van der Waals surface area contributed by atoms with Crippen LogP contribution in [-0.2, 0) is 4.79 Å². The number of hydrogen-bond acceptors (Lipinski definition) is 5. The van der Waals surface area contributed by atoms with Gasteiger partial charge in [0.2, 0.25) is 5.91 Å². The lowest BCUT2D eigenvalue weighted by atomic mass is 10.1. The molecular weight excluding hydrogens is 434 g/mol. The monoisotopic (exact) mass is 457 g/mol. The second-order valence-electron chi connectivity index (χ2n) is 7.50. The van der Waals surface area contributed by atoms with E-state index >= 15 is 0 Å². The Hall–Kier alpha value is -3.91. The molecule has 8 heteroatoms. The SMILES string of the molecule is Cc1ccc(C(=O)NNC(=O)CSc2nnc(-c3ccc(C)cc3)n2-c2ccccc2)cc1. The third-order valence-electron chi connectivity index (χ3n) is 4.92. The van der Waals surface area contributed by atoms with Crippen LogP contribution < -0.4 is 10.9 Å². The minimum Gasteiger partial charge on any atom is -0.272 e. The molecule has 166 valence electrons. The summed E-state index contributed by atoms with van der Waals surface area (Å²) >= 11 is 1.24. The van der Waals surface area contributed by atoms with Crippen molar-refractivity contribution >= 4 is 23.6 Å². The minimum atomic E-state index is -0.373. The Labute approximate surface area is 196 Å². The van der Waals surface area contributed by atoms with Crippen molar-refractivity contribution in [3.05, 3.63) is 95.6 Å². The molecule has 0 fully saturated rings. The lowest BCUT2D eigenvalue weighted by Crippen LogP contribution is -2.42. The molecule has 0 saturated carbocycles. The molecule has 0 saturated heterocycles. The number of amides is 2. The van der Waals surface area contributed by atoms with Crippen LogP contribution in [0, 0.1) is 13.8 Å². The highest BCUT2D eigenvalue weighted by Crippen LogP contribution is 2.28. The van der Waals surface area contributed by atoms with Crippen molar-refractivity contribution in [1.29, 1.82) is 0 Å². The number of rotatable bonds is 6. The van der Waals surface area contributed by atoms with Crippen molar-refractivity contribution in [2.45, 2.75) is 19.0 Å². The van der Waals surface area contributed by atoms with E-state index in [1.807, 2.05) is 85.1 Å². The van der Waals surface area contributed by atoms with Gasteiger partial charge >= 0.3 is 0 Å². The predicted molar refractivity (Wildman–Crippen MR) is 129 cm³/mol. The largest absolute Gasteiger partial charge is 0.272 e. The Balaban J connectivity index is 1.46. The van der Waals surface area contributed by atoms with Crippen molar-refractivity contribution in [3.63, 3.8) is 0 Å². The third-order valence-corrected chi connectivity index (χ3v) is 5.85. The lowest BCUT2D eigenvalue weighted by molar-refractivity contribution is -0.119. The molecular formula is C25H23N5O2S. The Kier molecular flexibility index (Phi) is 6.85. The number of carbonyl (C=O) groups excluding carboxylic acids is 2. The smallest absolute Gasteiger partial charge is 0.269 e. The van der Waals surface area contributed by atoms with Gasteiger partial charge in [0.05, 0.1) is 5.75 Å². The highest BCUT2D eigenvalue weighted by Gasteiger charge is 2.17. The minimum absolute atomic E-state index is 0.0625. The van der Waals surface area contributed by atoms with Crippen molar-refractivity contribution in [2.24, 2.45) is 0 Å². The maximum absolute atomic E-state index is 12.4. The van der Waals surface area contributed by atoms with Crippen LogP contribution in [0.1, 0.15) is 21.5 Å². The molecule has 0 unspecified atom stereocenters. The molecule has 2 amide bonds. The first-order valence-electron chi connectivity index (χ1n) is 10.4. The summed E-state index contributed by atoms with van der Waals surface area (Å²) in [5.74, 6) is 0.0340. The van der Waals surface area contributed by atoms with Crippen LogP contribution in [-0.4, -0.2) is 32.3 Å². The number of hydrogen-bond donors (Lipinski definition) is 2. The van der Waals surface area contributed by atoms with Crippen LogP contribution in [0.3, 0.4) is 0 Å². The van der Waals surface area contributed by atoms with Crippen LogP contribution in [0.15, 0.2) is 84.0 Å². The second-order valence-corrected chi connectivity index (χ2v) is 8.44. The molecule has 1 aromatic heterocycles. The van der Waals surface area contributed by atoms with Gasteiger partial charge in [-0.05, 0) is 38.1 Å². The van der Waals surface area contributed by atoms with E-state index in [-0.39, 0.29) is 17.6 Å². The summed E-state index contributed by atoms with van der Waals surface area (Å²) in [6.07, 6.45) is 0. The molecule has 0 bridgehead atoms. The number of hydrazine groups is 1. The fourth-order valence-corrected chi connectivity index (χ4v) is 3.88. The van der Waals surface area contributed by atoms with E-state index in [1.54, 1.807) is 12.1 Å². The van der Waals surface area contributed by atoms with Gasteiger partial charge in [-0.25, -0.2) is 0 Å².